The van der Waals surface area contributed by atoms with Crippen molar-refractivity contribution in [1.29, 1.82) is 0 Å². The minimum absolute atomic E-state index is 0.110. The summed E-state index contributed by atoms with van der Waals surface area (Å²) < 4.78 is 2.18. The number of rotatable bonds is 5. The molecule has 5 heteroatoms. The van der Waals surface area contributed by atoms with Gasteiger partial charge in [-0.3, -0.25) is 4.79 Å². The van der Waals surface area contributed by atoms with Gasteiger partial charge < -0.3 is 14.4 Å². The van der Waals surface area contributed by atoms with Crippen LogP contribution in [-0.2, 0) is 11.8 Å². The van der Waals surface area contributed by atoms with Gasteiger partial charge in [0.05, 0.1) is 0 Å². The third-order valence-electron chi connectivity index (χ3n) is 5.80. The minimum Gasteiger partial charge on any atom is -0.350 e. The number of aromatic nitrogens is 1. The molecule has 27 heavy (non-hydrogen) atoms. The summed E-state index contributed by atoms with van der Waals surface area (Å²) in [5.74, 6) is 0.383. The Hall–Kier alpha value is -2.11. The van der Waals surface area contributed by atoms with Crippen molar-refractivity contribution < 1.29 is 4.79 Å². The zero-order valence-corrected chi connectivity index (χ0v) is 16.9. The Morgan fingerprint density at radius 2 is 1.93 bits per heavy atom. The largest absolute Gasteiger partial charge is 0.350 e. The molecule has 0 bridgehead atoms. The molecule has 0 spiro atoms. The van der Waals surface area contributed by atoms with Crippen LogP contribution in [0.1, 0.15) is 30.4 Å². The Labute approximate surface area is 165 Å². The number of aryl methyl sites for hydroxylation is 1. The summed E-state index contributed by atoms with van der Waals surface area (Å²) in [7, 11) is 2.09. The first kappa shape index (κ1) is 18.3. The maximum Gasteiger partial charge on any atom is 0.223 e. The third kappa shape index (κ3) is 3.66. The van der Waals surface area contributed by atoms with Gasteiger partial charge in [0, 0.05) is 62.7 Å². The third-order valence-corrected chi connectivity index (χ3v) is 6.50. The molecule has 0 saturated carbocycles. The molecule has 2 aromatic heterocycles. The van der Waals surface area contributed by atoms with Crippen LogP contribution in [0.5, 0.6) is 0 Å². The van der Waals surface area contributed by atoms with Crippen molar-refractivity contribution in [2.24, 2.45) is 7.05 Å². The number of likely N-dealkylation sites (N-methyl/N-ethyl adjacent to an activating group) is 1. The van der Waals surface area contributed by atoms with E-state index in [9.17, 15) is 4.79 Å². The van der Waals surface area contributed by atoms with E-state index in [-0.39, 0.29) is 11.8 Å². The van der Waals surface area contributed by atoms with Gasteiger partial charge in [0.1, 0.15) is 0 Å². The van der Waals surface area contributed by atoms with Gasteiger partial charge in [-0.1, -0.05) is 25.1 Å². The lowest BCUT2D eigenvalue weighted by molar-refractivity contribution is -0.133. The van der Waals surface area contributed by atoms with Gasteiger partial charge in [-0.05, 0) is 40.6 Å². The summed E-state index contributed by atoms with van der Waals surface area (Å²) >= 11 is 1.70. The van der Waals surface area contributed by atoms with Crippen molar-refractivity contribution in [2.75, 3.05) is 32.7 Å². The second-order valence-electron chi connectivity index (χ2n) is 7.34. The van der Waals surface area contributed by atoms with E-state index in [0.29, 0.717) is 6.42 Å². The Balaban J connectivity index is 1.62. The fraction of sp³-hybridized carbons (Fsp3) is 0.409. The zero-order valence-electron chi connectivity index (χ0n) is 16.1. The van der Waals surface area contributed by atoms with E-state index in [0.717, 1.165) is 32.7 Å². The number of hydrogen-bond acceptors (Lipinski definition) is 3. The monoisotopic (exact) mass is 381 g/mol. The highest BCUT2D eigenvalue weighted by molar-refractivity contribution is 7.08. The molecule has 142 valence electrons. The van der Waals surface area contributed by atoms with Gasteiger partial charge in [0.15, 0.2) is 0 Å². The summed E-state index contributed by atoms with van der Waals surface area (Å²) in [6.45, 7) is 6.91. The van der Waals surface area contributed by atoms with Gasteiger partial charge in [-0.2, -0.15) is 11.3 Å². The normalized spacial score (nSPS) is 16.7. The van der Waals surface area contributed by atoms with Crippen LogP contribution in [0, 0.1) is 0 Å². The van der Waals surface area contributed by atoms with Crippen LogP contribution in [0.3, 0.4) is 0 Å². The molecule has 1 amide bonds. The molecule has 0 radical (unpaired) electrons. The maximum absolute atomic E-state index is 13.1. The van der Waals surface area contributed by atoms with E-state index >= 15 is 0 Å². The molecule has 1 aliphatic rings. The molecule has 0 N–H and O–H groups in total. The number of carbonyl (C=O) groups excluding carboxylic acids is 1. The molecule has 1 aliphatic heterocycles. The topological polar surface area (TPSA) is 28.5 Å². The van der Waals surface area contributed by atoms with E-state index in [1.807, 2.05) is 0 Å². The smallest absolute Gasteiger partial charge is 0.223 e. The molecular formula is C22H27N3OS. The number of amides is 1. The number of hydrogen-bond donors (Lipinski definition) is 0. The minimum atomic E-state index is 0.110. The molecule has 4 rings (SSSR count). The molecule has 0 aliphatic carbocycles. The van der Waals surface area contributed by atoms with E-state index in [1.165, 1.54) is 22.0 Å². The van der Waals surface area contributed by atoms with Crippen LogP contribution in [0.15, 0.2) is 47.3 Å². The number of benzene rings is 1. The number of nitrogens with zero attached hydrogens (tertiary/aromatic N) is 3. The van der Waals surface area contributed by atoms with Crippen LogP contribution in [0.4, 0.5) is 0 Å². The Morgan fingerprint density at radius 3 is 2.63 bits per heavy atom. The van der Waals surface area contributed by atoms with Crippen molar-refractivity contribution >= 4 is 28.1 Å². The first-order chi connectivity index (χ1) is 13.2. The molecule has 1 unspecified atom stereocenters. The van der Waals surface area contributed by atoms with Crippen LogP contribution in [0.2, 0.25) is 0 Å². The second kappa shape index (κ2) is 7.87. The summed E-state index contributed by atoms with van der Waals surface area (Å²) in [5, 5.41) is 5.55. The lowest BCUT2D eigenvalue weighted by Crippen LogP contribution is -2.48. The number of thiophene rings is 1. The molecule has 1 atom stereocenters. The SMILES string of the molecule is CCN1CCN(C(=O)CC(c2ccsc2)c2cn(C)c3ccccc23)CC1. The van der Waals surface area contributed by atoms with Gasteiger partial charge in [0.2, 0.25) is 5.91 Å². The average molecular weight is 382 g/mol. The van der Waals surface area contributed by atoms with Crippen molar-refractivity contribution in [3.8, 4) is 0 Å². The van der Waals surface area contributed by atoms with Gasteiger partial charge in [0.25, 0.3) is 0 Å². The highest BCUT2D eigenvalue weighted by Crippen LogP contribution is 2.35. The first-order valence-electron chi connectivity index (χ1n) is 9.73. The standard InChI is InChI=1S/C22H27N3OS/c1-3-24-9-11-25(12-10-24)22(26)14-19(17-8-13-27-16-17)20-15-23(2)21-7-5-4-6-18(20)21/h4-8,13,15-16,19H,3,9-12,14H2,1-2H3. The summed E-state index contributed by atoms with van der Waals surface area (Å²) in [6, 6.07) is 10.6. The first-order valence-corrected chi connectivity index (χ1v) is 10.7. The van der Waals surface area contributed by atoms with Crippen molar-refractivity contribution in [3.05, 3.63) is 58.4 Å². The van der Waals surface area contributed by atoms with E-state index < -0.39 is 0 Å². The van der Waals surface area contributed by atoms with Crippen LogP contribution < -0.4 is 0 Å². The summed E-state index contributed by atoms with van der Waals surface area (Å²) in [5.41, 5.74) is 3.72. The average Bonchev–Trinajstić information content (AvgIpc) is 3.35. The Kier molecular flexibility index (Phi) is 5.32. The zero-order chi connectivity index (χ0) is 18.8. The molecular weight excluding hydrogens is 354 g/mol. The number of fused-ring (bicyclic) bond motifs is 1. The van der Waals surface area contributed by atoms with Gasteiger partial charge in [-0.15, -0.1) is 0 Å². The van der Waals surface area contributed by atoms with Crippen LogP contribution in [0.25, 0.3) is 10.9 Å². The molecule has 3 aromatic rings. The Bertz CT molecular complexity index is 907. The molecule has 4 nitrogen and oxygen atoms in total. The highest BCUT2D eigenvalue weighted by atomic mass is 32.1. The maximum atomic E-state index is 13.1. The summed E-state index contributed by atoms with van der Waals surface area (Å²) in [4.78, 5) is 17.6. The highest BCUT2D eigenvalue weighted by Gasteiger charge is 2.26. The molecule has 1 aromatic carbocycles. The van der Waals surface area contributed by atoms with Gasteiger partial charge >= 0.3 is 0 Å². The lowest BCUT2D eigenvalue weighted by Gasteiger charge is -2.34. The summed E-state index contributed by atoms with van der Waals surface area (Å²) in [6.07, 6.45) is 2.74. The quantitative estimate of drug-likeness (QED) is 0.670. The number of carbonyl (C=O) groups is 1. The molecule has 1 fully saturated rings. The predicted octanol–water partition coefficient (Wildman–Crippen LogP) is 3.93. The van der Waals surface area contributed by atoms with Crippen molar-refractivity contribution in [1.82, 2.24) is 14.4 Å². The fourth-order valence-electron chi connectivity index (χ4n) is 4.15. The van der Waals surface area contributed by atoms with Crippen LogP contribution >= 0.6 is 11.3 Å². The lowest BCUT2D eigenvalue weighted by atomic mass is 9.89. The number of piperazine rings is 1. The molecule has 1 saturated heterocycles. The predicted molar refractivity (Wildman–Crippen MR) is 112 cm³/mol. The van der Waals surface area contributed by atoms with Crippen LogP contribution in [-0.4, -0.2) is 53.0 Å². The van der Waals surface area contributed by atoms with Gasteiger partial charge in [-0.25, -0.2) is 0 Å². The van der Waals surface area contributed by atoms with E-state index in [1.54, 1.807) is 11.3 Å². The van der Waals surface area contributed by atoms with Crippen molar-refractivity contribution in [3.63, 3.8) is 0 Å². The Morgan fingerprint density at radius 1 is 1.15 bits per heavy atom. The second-order valence-corrected chi connectivity index (χ2v) is 8.12. The van der Waals surface area contributed by atoms with E-state index in [2.05, 4.69) is 75.6 Å². The molecule has 3 heterocycles. The fourth-order valence-corrected chi connectivity index (χ4v) is 4.86. The number of para-hydroxylation sites is 1. The van der Waals surface area contributed by atoms with Crippen molar-refractivity contribution in [2.45, 2.75) is 19.3 Å². The van der Waals surface area contributed by atoms with E-state index in [4.69, 9.17) is 0 Å².